The minimum Gasteiger partial charge on any atom is -0.263 e. The molecule has 0 amide bonds. The molecule has 0 bridgehead atoms. The molecule has 1 atom stereocenters. The summed E-state index contributed by atoms with van der Waals surface area (Å²) < 4.78 is 67.8. The first-order valence-electron chi connectivity index (χ1n) is 7.42. The van der Waals surface area contributed by atoms with E-state index < -0.39 is 23.7 Å². The molecule has 9 heteroatoms. The van der Waals surface area contributed by atoms with Crippen LogP contribution in [0.25, 0.3) is 0 Å². The lowest BCUT2D eigenvalue weighted by molar-refractivity contribution is -0.249. The highest BCUT2D eigenvalue weighted by atomic mass is 79.9. The van der Waals surface area contributed by atoms with Crippen molar-refractivity contribution in [2.24, 2.45) is 5.10 Å². The van der Waals surface area contributed by atoms with E-state index in [0.717, 1.165) is 5.01 Å². The number of rotatable bonds is 3. The number of halogens is 7. The average Bonchev–Trinajstić information content (AvgIpc) is 3.00. The van der Waals surface area contributed by atoms with Crippen LogP contribution in [0.5, 0.6) is 0 Å². The number of benzene rings is 2. The molecule has 3 rings (SSSR count). The van der Waals surface area contributed by atoms with Crippen LogP contribution in [0, 0.1) is 0 Å². The fraction of sp³-hybridized carbons (Fsp3) is 0.235. The van der Waals surface area contributed by atoms with Crippen molar-refractivity contribution in [2.45, 2.75) is 18.0 Å². The van der Waals surface area contributed by atoms with E-state index in [2.05, 4.69) is 21.0 Å². The standard InChI is InChI=1S/C17H11BrClF5N2/c18-11-5-3-4-10(8-11)12-9-26(14-7-2-1-6-13(14)19)25-15(12)16(20,21)17(22,23)24/h1-8,12H,9H2. The Bertz CT molecular complexity index is 853. The van der Waals surface area contributed by atoms with Gasteiger partial charge in [0, 0.05) is 4.47 Å². The second-order valence-electron chi connectivity index (χ2n) is 5.70. The average molecular weight is 454 g/mol. The topological polar surface area (TPSA) is 15.6 Å². The predicted molar refractivity (Wildman–Crippen MR) is 94.1 cm³/mol. The van der Waals surface area contributed by atoms with Crippen LogP contribution < -0.4 is 5.01 Å². The van der Waals surface area contributed by atoms with Crippen LogP contribution in [-0.4, -0.2) is 24.4 Å². The number of alkyl halides is 5. The van der Waals surface area contributed by atoms with Crippen molar-refractivity contribution in [1.29, 1.82) is 0 Å². The van der Waals surface area contributed by atoms with Gasteiger partial charge in [-0.3, -0.25) is 5.01 Å². The van der Waals surface area contributed by atoms with E-state index in [0.29, 0.717) is 10.0 Å². The largest absolute Gasteiger partial charge is 0.459 e. The molecule has 2 aromatic rings. The molecule has 0 fully saturated rings. The predicted octanol–water partition coefficient (Wildman–Crippen LogP) is 6.26. The summed E-state index contributed by atoms with van der Waals surface area (Å²) in [6, 6.07) is 12.5. The quantitative estimate of drug-likeness (QED) is 0.501. The van der Waals surface area contributed by atoms with Gasteiger partial charge in [0.25, 0.3) is 0 Å². The SMILES string of the molecule is FC(F)(F)C(F)(F)C1=NN(c2ccccc2Cl)CC1c1cccc(Br)c1. The van der Waals surface area contributed by atoms with Crippen molar-refractivity contribution in [3.8, 4) is 0 Å². The van der Waals surface area contributed by atoms with Crippen molar-refractivity contribution in [3.05, 3.63) is 63.6 Å². The fourth-order valence-corrected chi connectivity index (χ4v) is 3.38. The maximum atomic E-state index is 14.1. The molecule has 0 spiro atoms. The highest BCUT2D eigenvalue weighted by molar-refractivity contribution is 9.10. The van der Waals surface area contributed by atoms with Crippen LogP contribution in [-0.2, 0) is 0 Å². The number of nitrogens with zero attached hydrogens (tertiary/aromatic N) is 2. The second-order valence-corrected chi connectivity index (χ2v) is 7.02. The van der Waals surface area contributed by atoms with E-state index in [9.17, 15) is 22.0 Å². The highest BCUT2D eigenvalue weighted by Crippen LogP contribution is 2.44. The van der Waals surface area contributed by atoms with Crippen LogP contribution in [0.15, 0.2) is 58.1 Å². The Labute approximate surface area is 159 Å². The van der Waals surface area contributed by atoms with E-state index in [1.54, 1.807) is 24.3 Å². The Kier molecular flexibility index (Phi) is 5.00. The molecule has 0 saturated heterocycles. The van der Waals surface area contributed by atoms with E-state index >= 15 is 0 Å². The van der Waals surface area contributed by atoms with Gasteiger partial charge in [0.1, 0.15) is 5.71 Å². The lowest BCUT2D eigenvalue weighted by Crippen LogP contribution is -2.45. The zero-order valence-electron chi connectivity index (χ0n) is 12.9. The maximum absolute atomic E-state index is 14.1. The molecule has 138 valence electrons. The molecule has 26 heavy (non-hydrogen) atoms. The van der Waals surface area contributed by atoms with Gasteiger partial charge in [0.15, 0.2) is 0 Å². The highest BCUT2D eigenvalue weighted by Gasteiger charge is 2.64. The maximum Gasteiger partial charge on any atom is 0.459 e. The number of para-hydroxylation sites is 1. The Morgan fingerprint density at radius 3 is 2.35 bits per heavy atom. The fourth-order valence-electron chi connectivity index (χ4n) is 2.73. The molecule has 0 aliphatic carbocycles. The molecule has 0 radical (unpaired) electrons. The Morgan fingerprint density at radius 1 is 1.04 bits per heavy atom. The number of hydrazone groups is 1. The van der Waals surface area contributed by atoms with Gasteiger partial charge in [-0.05, 0) is 29.8 Å². The minimum atomic E-state index is -5.74. The number of hydrogen-bond donors (Lipinski definition) is 0. The lowest BCUT2D eigenvalue weighted by atomic mass is 9.91. The molecule has 1 unspecified atom stereocenters. The summed E-state index contributed by atoms with van der Waals surface area (Å²) in [5.41, 5.74) is -0.679. The molecule has 1 aliphatic rings. The summed E-state index contributed by atoms with van der Waals surface area (Å²) >= 11 is 9.25. The Balaban J connectivity index is 2.10. The zero-order valence-corrected chi connectivity index (χ0v) is 15.3. The van der Waals surface area contributed by atoms with Gasteiger partial charge >= 0.3 is 12.1 Å². The molecule has 0 saturated carbocycles. The first-order valence-corrected chi connectivity index (χ1v) is 8.59. The number of hydrogen-bond acceptors (Lipinski definition) is 2. The van der Waals surface area contributed by atoms with Gasteiger partial charge in [-0.1, -0.05) is 51.8 Å². The number of anilines is 1. The second kappa shape index (κ2) is 6.81. The summed E-state index contributed by atoms with van der Waals surface area (Å²) in [4.78, 5) is 0. The van der Waals surface area contributed by atoms with Crippen molar-refractivity contribution in [2.75, 3.05) is 11.6 Å². The molecule has 2 aromatic carbocycles. The van der Waals surface area contributed by atoms with Gasteiger partial charge in [-0.15, -0.1) is 0 Å². The molecule has 0 N–H and O–H groups in total. The van der Waals surface area contributed by atoms with Crippen LogP contribution in [0.1, 0.15) is 11.5 Å². The summed E-state index contributed by atoms with van der Waals surface area (Å²) in [6.07, 6.45) is -5.74. The lowest BCUT2D eigenvalue weighted by Gasteiger charge is -2.23. The smallest absolute Gasteiger partial charge is 0.263 e. The summed E-state index contributed by atoms with van der Waals surface area (Å²) in [7, 11) is 0. The van der Waals surface area contributed by atoms with Gasteiger partial charge in [0.2, 0.25) is 0 Å². The van der Waals surface area contributed by atoms with Gasteiger partial charge in [-0.2, -0.15) is 27.1 Å². The van der Waals surface area contributed by atoms with Gasteiger partial charge in [-0.25, -0.2) is 0 Å². The minimum absolute atomic E-state index is 0.179. The summed E-state index contributed by atoms with van der Waals surface area (Å²) in [5.74, 6) is -6.30. The van der Waals surface area contributed by atoms with Gasteiger partial charge < -0.3 is 0 Å². The monoisotopic (exact) mass is 452 g/mol. The van der Waals surface area contributed by atoms with E-state index in [-0.39, 0.29) is 17.3 Å². The van der Waals surface area contributed by atoms with Crippen molar-refractivity contribution in [3.63, 3.8) is 0 Å². The van der Waals surface area contributed by atoms with Crippen LogP contribution in [0.3, 0.4) is 0 Å². The molecule has 0 aromatic heterocycles. The van der Waals surface area contributed by atoms with E-state index in [4.69, 9.17) is 11.6 Å². The molecule has 1 aliphatic heterocycles. The first kappa shape index (κ1) is 19.1. The molecule has 2 nitrogen and oxygen atoms in total. The molecular weight excluding hydrogens is 443 g/mol. The Morgan fingerprint density at radius 2 is 1.73 bits per heavy atom. The first-order chi connectivity index (χ1) is 12.1. The van der Waals surface area contributed by atoms with Crippen molar-refractivity contribution < 1.29 is 22.0 Å². The van der Waals surface area contributed by atoms with Crippen LogP contribution in [0.2, 0.25) is 5.02 Å². The van der Waals surface area contributed by atoms with E-state index in [1.165, 1.54) is 24.3 Å². The zero-order chi connectivity index (χ0) is 19.1. The van der Waals surface area contributed by atoms with Crippen molar-refractivity contribution >= 4 is 38.9 Å². The van der Waals surface area contributed by atoms with Crippen molar-refractivity contribution in [1.82, 2.24) is 0 Å². The van der Waals surface area contributed by atoms with Gasteiger partial charge in [0.05, 0.1) is 23.2 Å². The third-order valence-corrected chi connectivity index (χ3v) is 4.79. The summed E-state index contributed by atoms with van der Waals surface area (Å²) in [5, 5.41) is 4.92. The summed E-state index contributed by atoms with van der Waals surface area (Å²) in [6.45, 7) is -0.179. The van der Waals surface area contributed by atoms with Crippen LogP contribution >= 0.6 is 27.5 Å². The molecule has 1 heterocycles. The molecular formula is C17H11BrClF5N2. The third-order valence-electron chi connectivity index (χ3n) is 3.97. The van der Waals surface area contributed by atoms with E-state index in [1.807, 2.05) is 0 Å². The normalized spacial score (nSPS) is 18.2. The third kappa shape index (κ3) is 3.44. The Hall–Kier alpha value is -1.67. The van der Waals surface area contributed by atoms with Crippen LogP contribution in [0.4, 0.5) is 27.6 Å².